The number of hydrogen-bond donors (Lipinski definition) is 0. The van der Waals surface area contributed by atoms with E-state index in [0.717, 1.165) is 52.3 Å². The lowest BCUT2D eigenvalue weighted by Gasteiger charge is -2.18. The van der Waals surface area contributed by atoms with Gasteiger partial charge in [0, 0.05) is 23.5 Å². The van der Waals surface area contributed by atoms with E-state index in [1.165, 1.54) is 5.56 Å². The Hall–Kier alpha value is -2.93. The molecule has 0 amide bonds. The highest BCUT2D eigenvalue weighted by atomic mass is 79.9. The van der Waals surface area contributed by atoms with Crippen LogP contribution in [0.25, 0.3) is 16.7 Å². The van der Waals surface area contributed by atoms with E-state index in [2.05, 4.69) is 48.0 Å². The van der Waals surface area contributed by atoms with Crippen LogP contribution in [0.15, 0.2) is 65.5 Å². The molecule has 0 saturated carbocycles. The maximum atomic E-state index is 5.28. The van der Waals surface area contributed by atoms with Gasteiger partial charge in [0.25, 0.3) is 0 Å². The summed E-state index contributed by atoms with van der Waals surface area (Å²) in [6, 6.07) is 16.4. The van der Waals surface area contributed by atoms with E-state index < -0.39 is 0 Å². The number of hydrogen-bond acceptors (Lipinski definition) is 5. The summed E-state index contributed by atoms with van der Waals surface area (Å²) in [6.07, 6.45) is 4.60. The zero-order valence-electron chi connectivity index (χ0n) is 16.0. The molecule has 0 bridgehead atoms. The van der Waals surface area contributed by atoms with Crippen LogP contribution in [-0.2, 0) is 0 Å². The van der Waals surface area contributed by atoms with Gasteiger partial charge >= 0.3 is 0 Å². The molecule has 1 unspecified atom stereocenters. The second-order valence-electron chi connectivity index (χ2n) is 7.18. The number of rotatable bonds is 4. The minimum Gasteiger partial charge on any atom is -0.497 e. The topological polar surface area (TPSA) is 56.1 Å². The highest BCUT2D eigenvalue weighted by molar-refractivity contribution is 9.10. The molecular formula is C22H20BrN5O. The fourth-order valence-electron chi connectivity index (χ4n) is 3.98. The molecule has 6 nitrogen and oxygen atoms in total. The lowest BCUT2D eigenvalue weighted by molar-refractivity contribution is 0.414. The average Bonchev–Trinajstić information content (AvgIpc) is 3.41. The Morgan fingerprint density at radius 1 is 1.10 bits per heavy atom. The Bertz CT molecular complexity index is 1160. The summed E-state index contributed by atoms with van der Waals surface area (Å²) in [5.41, 5.74) is 3.13. The smallest absolute Gasteiger partial charge is 0.168 e. The van der Waals surface area contributed by atoms with Gasteiger partial charge in [-0.15, -0.1) is 0 Å². The third-order valence-electron chi connectivity index (χ3n) is 5.47. The summed E-state index contributed by atoms with van der Waals surface area (Å²) in [5, 5.41) is 5.56. The highest BCUT2D eigenvalue weighted by Gasteiger charge is 2.27. The van der Waals surface area contributed by atoms with Crippen molar-refractivity contribution in [1.29, 1.82) is 0 Å². The van der Waals surface area contributed by atoms with Crippen LogP contribution in [0.1, 0.15) is 17.9 Å². The summed E-state index contributed by atoms with van der Waals surface area (Å²) in [4.78, 5) is 11.4. The van der Waals surface area contributed by atoms with Crippen molar-refractivity contribution in [3.63, 3.8) is 0 Å². The van der Waals surface area contributed by atoms with Crippen LogP contribution in [-0.4, -0.2) is 39.9 Å². The Balaban J connectivity index is 1.45. The van der Waals surface area contributed by atoms with Gasteiger partial charge in [-0.25, -0.2) is 14.6 Å². The van der Waals surface area contributed by atoms with E-state index in [1.54, 1.807) is 13.4 Å². The normalized spacial score (nSPS) is 16.5. The van der Waals surface area contributed by atoms with E-state index in [9.17, 15) is 0 Å². The first-order chi connectivity index (χ1) is 14.2. The maximum Gasteiger partial charge on any atom is 0.168 e. The predicted octanol–water partition coefficient (Wildman–Crippen LogP) is 4.58. The summed E-state index contributed by atoms with van der Waals surface area (Å²) in [5.74, 6) is 2.32. The van der Waals surface area contributed by atoms with E-state index in [0.29, 0.717) is 5.92 Å². The van der Waals surface area contributed by atoms with Crippen LogP contribution >= 0.6 is 15.9 Å². The zero-order valence-corrected chi connectivity index (χ0v) is 17.6. The number of fused-ring (bicyclic) bond motifs is 1. The quantitative estimate of drug-likeness (QED) is 0.456. The van der Waals surface area contributed by atoms with Crippen LogP contribution in [0, 0.1) is 0 Å². The molecule has 2 aromatic heterocycles. The first kappa shape index (κ1) is 18.1. The molecule has 1 saturated heterocycles. The monoisotopic (exact) mass is 449 g/mol. The number of nitrogens with zero attached hydrogens (tertiary/aromatic N) is 5. The van der Waals surface area contributed by atoms with E-state index >= 15 is 0 Å². The van der Waals surface area contributed by atoms with Crippen molar-refractivity contribution < 1.29 is 4.74 Å². The molecular weight excluding hydrogens is 430 g/mol. The third kappa shape index (κ3) is 3.35. The molecule has 1 atom stereocenters. The molecule has 5 rings (SSSR count). The lowest BCUT2D eigenvalue weighted by Crippen LogP contribution is -2.20. The molecule has 146 valence electrons. The highest BCUT2D eigenvalue weighted by Crippen LogP contribution is 2.33. The first-order valence-corrected chi connectivity index (χ1v) is 10.4. The van der Waals surface area contributed by atoms with E-state index in [1.807, 2.05) is 47.3 Å². The zero-order chi connectivity index (χ0) is 19.8. The first-order valence-electron chi connectivity index (χ1n) is 9.56. The minimum atomic E-state index is 0.478. The lowest BCUT2D eigenvalue weighted by atomic mass is 9.98. The molecule has 0 N–H and O–H groups in total. The second-order valence-corrected chi connectivity index (χ2v) is 8.09. The van der Waals surface area contributed by atoms with Crippen molar-refractivity contribution in [2.24, 2.45) is 0 Å². The number of ether oxygens (including phenoxy) is 1. The van der Waals surface area contributed by atoms with E-state index in [-0.39, 0.29) is 0 Å². The van der Waals surface area contributed by atoms with Crippen molar-refractivity contribution in [3.05, 3.63) is 71.1 Å². The van der Waals surface area contributed by atoms with Gasteiger partial charge in [0.05, 0.1) is 24.4 Å². The van der Waals surface area contributed by atoms with Gasteiger partial charge in [0.2, 0.25) is 0 Å². The maximum absolute atomic E-state index is 5.28. The molecule has 0 spiro atoms. The molecule has 7 heteroatoms. The molecule has 1 aliphatic heterocycles. The molecule has 1 aliphatic rings. The van der Waals surface area contributed by atoms with Gasteiger partial charge in [-0.3, -0.25) is 0 Å². The van der Waals surface area contributed by atoms with Gasteiger partial charge in [0.1, 0.15) is 17.9 Å². The molecule has 29 heavy (non-hydrogen) atoms. The SMILES string of the molecule is COc1ccc(C2CCN(c3ncnc4c3cnn4-c3cccc(Br)c3)C2)cc1. The van der Waals surface area contributed by atoms with Crippen LogP contribution < -0.4 is 9.64 Å². The fraction of sp³-hybridized carbons (Fsp3) is 0.227. The average molecular weight is 450 g/mol. The number of aromatic nitrogens is 4. The second kappa shape index (κ2) is 7.48. The van der Waals surface area contributed by atoms with Gasteiger partial charge in [-0.05, 0) is 42.3 Å². The summed E-state index contributed by atoms with van der Waals surface area (Å²) in [7, 11) is 1.70. The Labute approximate surface area is 177 Å². The van der Waals surface area contributed by atoms with Gasteiger partial charge < -0.3 is 9.64 Å². The van der Waals surface area contributed by atoms with Gasteiger partial charge in [0.15, 0.2) is 5.65 Å². The fourth-order valence-corrected chi connectivity index (χ4v) is 4.37. The molecule has 2 aromatic carbocycles. The third-order valence-corrected chi connectivity index (χ3v) is 5.97. The summed E-state index contributed by atoms with van der Waals surface area (Å²) in [6.45, 7) is 1.89. The number of halogens is 1. The van der Waals surface area contributed by atoms with Crippen LogP contribution in [0.2, 0.25) is 0 Å². The number of anilines is 1. The standard InChI is InChI=1S/C22H20BrN5O/c1-29-19-7-5-15(6-8-19)16-9-10-27(13-16)21-20-12-26-28(22(20)25-14-24-21)18-4-2-3-17(23)11-18/h2-8,11-12,14,16H,9-10,13H2,1H3. The molecule has 0 aliphatic carbocycles. The molecule has 1 fully saturated rings. The van der Waals surface area contributed by atoms with Gasteiger partial charge in [-0.1, -0.05) is 34.1 Å². The van der Waals surface area contributed by atoms with Crippen LogP contribution in [0.3, 0.4) is 0 Å². The van der Waals surface area contributed by atoms with Crippen molar-refractivity contribution >= 4 is 32.8 Å². The molecule has 0 radical (unpaired) electrons. The number of benzene rings is 2. The van der Waals surface area contributed by atoms with Crippen LogP contribution in [0.4, 0.5) is 5.82 Å². The molecule has 4 aromatic rings. The Morgan fingerprint density at radius 2 is 1.97 bits per heavy atom. The van der Waals surface area contributed by atoms with Crippen molar-refractivity contribution in [1.82, 2.24) is 19.7 Å². The summed E-state index contributed by atoms with van der Waals surface area (Å²) < 4.78 is 8.15. The Morgan fingerprint density at radius 3 is 2.76 bits per heavy atom. The van der Waals surface area contributed by atoms with Crippen molar-refractivity contribution in [3.8, 4) is 11.4 Å². The Kier molecular flexibility index (Phi) is 4.67. The minimum absolute atomic E-state index is 0.478. The predicted molar refractivity (Wildman–Crippen MR) is 117 cm³/mol. The van der Waals surface area contributed by atoms with Crippen molar-refractivity contribution in [2.75, 3.05) is 25.1 Å². The van der Waals surface area contributed by atoms with Crippen LogP contribution in [0.5, 0.6) is 5.75 Å². The molecule has 3 heterocycles. The number of methoxy groups -OCH3 is 1. The van der Waals surface area contributed by atoms with E-state index in [4.69, 9.17) is 4.74 Å². The van der Waals surface area contributed by atoms with Crippen molar-refractivity contribution in [2.45, 2.75) is 12.3 Å². The largest absolute Gasteiger partial charge is 0.497 e. The summed E-state index contributed by atoms with van der Waals surface area (Å²) >= 11 is 3.53. The van der Waals surface area contributed by atoms with Gasteiger partial charge in [-0.2, -0.15) is 5.10 Å².